The molecule has 0 unspecified atom stereocenters. The number of carbonyl (C=O) groups is 2. The van der Waals surface area contributed by atoms with E-state index in [1.54, 1.807) is 0 Å². The minimum absolute atomic E-state index is 0.00704. The molecular weight excluding hydrogens is 500 g/mol. The van der Waals surface area contributed by atoms with Crippen molar-refractivity contribution in [3.8, 4) is 0 Å². The SMILES string of the molecule is C=CC(=O)N1CCN(c2cc(C(=O)N[C@H](C)CN(C)C)nc3c2CCN(c2cccc4cccc(C)c24)C3)CC1. The van der Waals surface area contributed by atoms with E-state index >= 15 is 0 Å². The van der Waals surface area contributed by atoms with Crippen LogP contribution in [-0.4, -0.2) is 86.0 Å². The van der Waals surface area contributed by atoms with Gasteiger partial charge in [0.1, 0.15) is 5.69 Å². The third-order valence-corrected chi connectivity index (χ3v) is 7.95. The molecular formula is C32H40N6O2. The Bertz CT molecular complexity index is 1420. The van der Waals surface area contributed by atoms with Crippen LogP contribution in [0.5, 0.6) is 0 Å². The molecule has 2 aliphatic rings. The summed E-state index contributed by atoms with van der Waals surface area (Å²) in [5.74, 6) is -0.190. The first kappa shape index (κ1) is 27.6. The predicted octanol–water partition coefficient (Wildman–Crippen LogP) is 3.62. The standard InChI is InChI=1S/C32H40N6O2/c1-6-30(39)37-17-15-36(16-18-37)29-19-26(32(40)33-23(3)20-35(4)5)34-27-21-38(14-13-25(27)29)28-12-8-11-24-10-7-9-22(2)31(24)28/h6-12,19,23H,1,13-18,20-21H2,2-5H3,(H,33,40)/t23-/m1/s1. The fourth-order valence-electron chi connectivity index (χ4n) is 6.08. The van der Waals surface area contributed by atoms with Crippen molar-refractivity contribution in [3.63, 3.8) is 0 Å². The lowest BCUT2D eigenvalue weighted by Crippen LogP contribution is -2.49. The van der Waals surface area contributed by atoms with Crippen molar-refractivity contribution in [1.82, 2.24) is 20.1 Å². The fourth-order valence-corrected chi connectivity index (χ4v) is 6.08. The zero-order chi connectivity index (χ0) is 28.4. The lowest BCUT2D eigenvalue weighted by molar-refractivity contribution is -0.126. The number of piperazine rings is 1. The first-order valence-corrected chi connectivity index (χ1v) is 14.1. The number of nitrogens with zero attached hydrogens (tertiary/aromatic N) is 5. The topological polar surface area (TPSA) is 72.0 Å². The predicted molar refractivity (Wildman–Crippen MR) is 162 cm³/mol. The summed E-state index contributed by atoms with van der Waals surface area (Å²) in [6.07, 6.45) is 2.22. The van der Waals surface area contributed by atoms with E-state index in [0.29, 0.717) is 38.4 Å². The smallest absolute Gasteiger partial charge is 0.270 e. The van der Waals surface area contributed by atoms with E-state index < -0.39 is 0 Å². The van der Waals surface area contributed by atoms with Crippen molar-refractivity contribution >= 4 is 34.0 Å². The molecule has 1 saturated heterocycles. The van der Waals surface area contributed by atoms with E-state index in [2.05, 4.69) is 69.9 Å². The summed E-state index contributed by atoms with van der Waals surface area (Å²) in [4.78, 5) is 39.2. The third kappa shape index (κ3) is 5.68. The zero-order valence-electron chi connectivity index (χ0n) is 24.1. The highest BCUT2D eigenvalue weighted by atomic mass is 16.2. The van der Waals surface area contributed by atoms with Gasteiger partial charge in [-0.1, -0.05) is 36.9 Å². The molecule has 1 fully saturated rings. The van der Waals surface area contributed by atoms with Crippen LogP contribution in [0.3, 0.4) is 0 Å². The van der Waals surface area contributed by atoms with E-state index in [9.17, 15) is 9.59 Å². The van der Waals surface area contributed by atoms with Crippen LogP contribution in [0.2, 0.25) is 0 Å². The Labute approximate surface area is 237 Å². The Hall–Kier alpha value is -3.91. The molecule has 1 aromatic heterocycles. The molecule has 0 radical (unpaired) electrons. The van der Waals surface area contributed by atoms with Crippen molar-refractivity contribution in [2.75, 3.05) is 63.2 Å². The molecule has 2 aromatic carbocycles. The van der Waals surface area contributed by atoms with Gasteiger partial charge in [-0.25, -0.2) is 4.98 Å². The van der Waals surface area contributed by atoms with Gasteiger partial charge >= 0.3 is 0 Å². The van der Waals surface area contributed by atoms with Crippen LogP contribution in [0, 0.1) is 6.92 Å². The van der Waals surface area contributed by atoms with E-state index in [4.69, 9.17) is 4.98 Å². The van der Waals surface area contributed by atoms with Crippen LogP contribution in [0.4, 0.5) is 11.4 Å². The number of carbonyl (C=O) groups excluding carboxylic acids is 2. The number of fused-ring (bicyclic) bond motifs is 2. The first-order chi connectivity index (χ1) is 19.2. The summed E-state index contributed by atoms with van der Waals surface area (Å²) < 4.78 is 0. The van der Waals surface area contributed by atoms with Crippen molar-refractivity contribution < 1.29 is 9.59 Å². The van der Waals surface area contributed by atoms with Crippen LogP contribution in [-0.2, 0) is 17.8 Å². The second-order valence-electron chi connectivity index (χ2n) is 11.2. The maximum absolute atomic E-state index is 13.4. The average molecular weight is 541 g/mol. The summed E-state index contributed by atoms with van der Waals surface area (Å²) in [5.41, 5.74) is 6.12. The summed E-state index contributed by atoms with van der Waals surface area (Å²) in [6, 6.07) is 14.8. The van der Waals surface area contributed by atoms with Gasteiger partial charge in [-0.15, -0.1) is 0 Å². The number of benzene rings is 2. The molecule has 3 heterocycles. The largest absolute Gasteiger partial charge is 0.368 e. The van der Waals surface area contributed by atoms with Gasteiger partial charge in [0, 0.05) is 67.6 Å². The number of pyridine rings is 1. The van der Waals surface area contributed by atoms with Gasteiger partial charge in [-0.2, -0.15) is 0 Å². The number of amides is 2. The Kier molecular flexibility index (Phi) is 8.07. The molecule has 1 atom stereocenters. The minimum Gasteiger partial charge on any atom is -0.368 e. The quantitative estimate of drug-likeness (QED) is 0.462. The fraction of sp³-hybridized carbons (Fsp3) is 0.406. The lowest BCUT2D eigenvalue weighted by atomic mass is 9.97. The second kappa shape index (κ2) is 11.7. The second-order valence-corrected chi connectivity index (χ2v) is 11.2. The number of nitrogens with one attached hydrogen (secondary N) is 1. The minimum atomic E-state index is -0.156. The normalized spacial score (nSPS) is 16.2. The molecule has 5 rings (SSSR count). The van der Waals surface area contributed by atoms with Crippen molar-refractivity contribution in [1.29, 1.82) is 0 Å². The van der Waals surface area contributed by atoms with Gasteiger partial charge in [-0.05, 0) is 63.5 Å². The maximum Gasteiger partial charge on any atom is 0.270 e. The van der Waals surface area contributed by atoms with Crippen molar-refractivity contribution in [3.05, 3.63) is 77.6 Å². The molecule has 8 nitrogen and oxygen atoms in total. The molecule has 3 aromatic rings. The van der Waals surface area contributed by atoms with Crippen LogP contribution in [0.15, 0.2) is 55.1 Å². The van der Waals surface area contributed by atoms with Gasteiger partial charge in [0.2, 0.25) is 5.91 Å². The first-order valence-electron chi connectivity index (χ1n) is 14.1. The van der Waals surface area contributed by atoms with Crippen LogP contribution < -0.4 is 15.1 Å². The number of rotatable bonds is 7. The Morgan fingerprint density at radius 2 is 1.77 bits per heavy atom. The molecule has 8 heteroatoms. The molecule has 40 heavy (non-hydrogen) atoms. The highest BCUT2D eigenvalue weighted by molar-refractivity contribution is 5.97. The number of aromatic nitrogens is 1. The Balaban J connectivity index is 1.49. The van der Waals surface area contributed by atoms with Gasteiger partial charge < -0.3 is 24.9 Å². The molecule has 2 aliphatic heterocycles. The van der Waals surface area contributed by atoms with E-state index in [-0.39, 0.29) is 17.9 Å². The number of hydrogen-bond donors (Lipinski definition) is 1. The molecule has 2 amide bonds. The zero-order valence-corrected chi connectivity index (χ0v) is 24.1. The van der Waals surface area contributed by atoms with E-state index in [1.807, 2.05) is 32.0 Å². The highest BCUT2D eigenvalue weighted by Gasteiger charge is 2.29. The highest BCUT2D eigenvalue weighted by Crippen LogP contribution is 2.35. The van der Waals surface area contributed by atoms with Gasteiger partial charge in [0.05, 0.1) is 12.2 Å². The summed E-state index contributed by atoms with van der Waals surface area (Å²) in [5, 5.41) is 5.62. The Morgan fingerprint density at radius 1 is 1.05 bits per heavy atom. The summed E-state index contributed by atoms with van der Waals surface area (Å²) in [7, 11) is 4.00. The summed E-state index contributed by atoms with van der Waals surface area (Å²) in [6.45, 7) is 12.7. The number of aryl methyl sites for hydroxylation is 1. The molecule has 0 spiro atoms. The van der Waals surface area contributed by atoms with Crippen LogP contribution >= 0.6 is 0 Å². The monoisotopic (exact) mass is 540 g/mol. The third-order valence-electron chi connectivity index (χ3n) is 7.95. The number of likely N-dealkylation sites (N-methyl/N-ethyl adjacent to an activating group) is 1. The van der Waals surface area contributed by atoms with Crippen LogP contribution in [0.1, 0.15) is 34.2 Å². The molecule has 210 valence electrons. The molecule has 0 saturated carbocycles. The maximum atomic E-state index is 13.4. The Morgan fingerprint density at radius 3 is 2.48 bits per heavy atom. The van der Waals surface area contributed by atoms with E-state index in [0.717, 1.165) is 30.9 Å². The van der Waals surface area contributed by atoms with Gasteiger partial charge in [0.15, 0.2) is 0 Å². The molecule has 0 aliphatic carbocycles. The van der Waals surface area contributed by atoms with Gasteiger partial charge in [-0.3, -0.25) is 9.59 Å². The molecule has 0 bridgehead atoms. The van der Waals surface area contributed by atoms with Crippen molar-refractivity contribution in [2.45, 2.75) is 32.9 Å². The number of anilines is 2. The summed E-state index contributed by atoms with van der Waals surface area (Å²) >= 11 is 0. The van der Waals surface area contributed by atoms with Crippen LogP contribution in [0.25, 0.3) is 10.8 Å². The van der Waals surface area contributed by atoms with Crippen molar-refractivity contribution in [2.24, 2.45) is 0 Å². The number of hydrogen-bond acceptors (Lipinski definition) is 6. The average Bonchev–Trinajstić information content (AvgIpc) is 2.95. The molecule has 1 N–H and O–H groups in total. The van der Waals surface area contributed by atoms with Gasteiger partial charge in [0.25, 0.3) is 5.91 Å². The van der Waals surface area contributed by atoms with E-state index in [1.165, 1.54) is 33.7 Å². The lowest BCUT2D eigenvalue weighted by Gasteiger charge is -2.39.